The zero-order valence-electron chi connectivity index (χ0n) is 11.1. The third-order valence-corrected chi connectivity index (χ3v) is 3.67. The quantitative estimate of drug-likeness (QED) is 0.775. The average Bonchev–Trinajstić information content (AvgIpc) is 2.41. The van der Waals surface area contributed by atoms with Gasteiger partial charge in [-0.25, -0.2) is 4.39 Å². The summed E-state index contributed by atoms with van der Waals surface area (Å²) in [6.45, 7) is 4.55. The minimum absolute atomic E-state index is 0.205. The summed E-state index contributed by atoms with van der Waals surface area (Å²) < 4.78 is 13.7. The number of carbonyl (C=O) groups excluding carboxylic acids is 1. The summed E-state index contributed by atoms with van der Waals surface area (Å²) in [5, 5.41) is 6.55. The summed E-state index contributed by atoms with van der Waals surface area (Å²) in [4.78, 5) is 11.1. The highest BCUT2D eigenvalue weighted by atomic mass is 19.1. The maximum atomic E-state index is 13.7. The van der Waals surface area contributed by atoms with Crippen LogP contribution in [-0.2, 0) is 0 Å². The molecule has 1 aromatic carbocycles. The Morgan fingerprint density at radius 2 is 2.16 bits per heavy atom. The largest absolute Gasteiger partial charge is 0.384 e. The average molecular weight is 265 g/mol. The predicted octanol–water partition coefficient (Wildman–Crippen LogP) is 1.64. The first-order chi connectivity index (χ1) is 9.08. The lowest BCUT2D eigenvalue weighted by Crippen LogP contribution is -2.31. The lowest BCUT2D eigenvalue weighted by molar-refractivity contribution is 0.1000. The van der Waals surface area contributed by atoms with Gasteiger partial charge < -0.3 is 16.4 Å². The van der Waals surface area contributed by atoms with Crippen LogP contribution in [-0.4, -0.2) is 25.5 Å². The Kier molecular flexibility index (Phi) is 4.37. The van der Waals surface area contributed by atoms with Gasteiger partial charge in [0, 0.05) is 23.4 Å². The third kappa shape index (κ3) is 3.44. The van der Waals surface area contributed by atoms with E-state index in [0.29, 0.717) is 17.2 Å². The Hall–Kier alpha value is -1.62. The van der Waals surface area contributed by atoms with Crippen LogP contribution in [0.4, 0.5) is 10.1 Å². The Balaban J connectivity index is 2.08. The van der Waals surface area contributed by atoms with Crippen LogP contribution in [0.25, 0.3) is 0 Å². The van der Waals surface area contributed by atoms with E-state index in [9.17, 15) is 9.18 Å². The highest BCUT2D eigenvalue weighted by Gasteiger charge is 2.15. The van der Waals surface area contributed by atoms with Crippen molar-refractivity contribution >= 4 is 11.6 Å². The molecule has 0 unspecified atom stereocenters. The fourth-order valence-corrected chi connectivity index (χ4v) is 2.34. The van der Waals surface area contributed by atoms with Crippen molar-refractivity contribution in [3.05, 3.63) is 29.1 Å². The van der Waals surface area contributed by atoms with Gasteiger partial charge in [0.25, 0.3) is 0 Å². The van der Waals surface area contributed by atoms with Gasteiger partial charge in [-0.1, -0.05) is 0 Å². The van der Waals surface area contributed by atoms with Crippen LogP contribution in [0, 0.1) is 18.7 Å². The van der Waals surface area contributed by atoms with Crippen LogP contribution in [0.15, 0.2) is 12.1 Å². The standard InChI is InChI=1S/C14H20FN3O/c1-9-12(15)6-11(14(16)19)7-13(9)18-8-10-2-4-17-5-3-10/h6-7,10,17-18H,2-5,8H2,1H3,(H2,16,19). The molecule has 1 aliphatic rings. The fourth-order valence-electron chi connectivity index (χ4n) is 2.34. The fraction of sp³-hybridized carbons (Fsp3) is 0.500. The lowest BCUT2D eigenvalue weighted by Gasteiger charge is -2.23. The first-order valence-corrected chi connectivity index (χ1v) is 6.62. The molecule has 5 heteroatoms. The minimum Gasteiger partial charge on any atom is -0.384 e. The Morgan fingerprint density at radius 3 is 2.79 bits per heavy atom. The Morgan fingerprint density at radius 1 is 1.47 bits per heavy atom. The number of nitrogens with two attached hydrogens (primary N) is 1. The molecule has 1 aromatic rings. The van der Waals surface area contributed by atoms with Gasteiger partial charge in [0.05, 0.1) is 0 Å². The molecule has 0 atom stereocenters. The van der Waals surface area contributed by atoms with Gasteiger partial charge in [0.15, 0.2) is 0 Å². The van der Waals surface area contributed by atoms with E-state index >= 15 is 0 Å². The first kappa shape index (κ1) is 13.8. The number of benzene rings is 1. The molecule has 1 fully saturated rings. The number of halogens is 1. The molecular weight excluding hydrogens is 245 g/mol. The smallest absolute Gasteiger partial charge is 0.248 e. The van der Waals surface area contributed by atoms with Crippen LogP contribution in [0.1, 0.15) is 28.8 Å². The van der Waals surface area contributed by atoms with E-state index in [4.69, 9.17) is 5.73 Å². The molecule has 1 saturated heterocycles. The van der Waals surface area contributed by atoms with Gasteiger partial charge in [-0.3, -0.25) is 4.79 Å². The van der Waals surface area contributed by atoms with E-state index in [1.165, 1.54) is 6.07 Å². The maximum Gasteiger partial charge on any atom is 0.248 e. The van der Waals surface area contributed by atoms with Crippen LogP contribution in [0.2, 0.25) is 0 Å². The zero-order chi connectivity index (χ0) is 13.8. The summed E-state index contributed by atoms with van der Waals surface area (Å²) >= 11 is 0. The molecule has 0 aromatic heterocycles. The van der Waals surface area contributed by atoms with Crippen molar-refractivity contribution in [3.8, 4) is 0 Å². The molecule has 1 amide bonds. The van der Waals surface area contributed by atoms with Gasteiger partial charge in [-0.15, -0.1) is 0 Å². The number of anilines is 1. The number of piperidine rings is 1. The summed E-state index contributed by atoms with van der Waals surface area (Å²) in [6, 6.07) is 2.81. The van der Waals surface area contributed by atoms with Crippen molar-refractivity contribution in [2.45, 2.75) is 19.8 Å². The van der Waals surface area contributed by atoms with Crippen LogP contribution in [0.5, 0.6) is 0 Å². The maximum absolute atomic E-state index is 13.7. The molecule has 1 heterocycles. The van der Waals surface area contributed by atoms with Crippen LogP contribution in [0.3, 0.4) is 0 Å². The van der Waals surface area contributed by atoms with E-state index in [0.717, 1.165) is 32.5 Å². The van der Waals surface area contributed by atoms with Gasteiger partial charge in [0.1, 0.15) is 5.82 Å². The number of primary amides is 1. The SMILES string of the molecule is Cc1c(F)cc(C(N)=O)cc1NCC1CCNCC1. The second-order valence-corrected chi connectivity index (χ2v) is 5.07. The number of nitrogens with one attached hydrogen (secondary N) is 2. The van der Waals surface area contributed by atoms with Crippen LogP contribution < -0.4 is 16.4 Å². The minimum atomic E-state index is -0.608. The topological polar surface area (TPSA) is 67.2 Å². The third-order valence-electron chi connectivity index (χ3n) is 3.67. The number of rotatable bonds is 4. The number of hydrogen-bond donors (Lipinski definition) is 3. The van der Waals surface area contributed by atoms with Crippen molar-refractivity contribution < 1.29 is 9.18 Å². The molecule has 0 spiro atoms. The normalized spacial score (nSPS) is 16.3. The molecule has 4 nitrogen and oxygen atoms in total. The number of carbonyl (C=O) groups is 1. The van der Waals surface area contributed by atoms with E-state index in [2.05, 4.69) is 10.6 Å². The van der Waals surface area contributed by atoms with Crippen molar-refractivity contribution in [3.63, 3.8) is 0 Å². The van der Waals surface area contributed by atoms with Crippen molar-refractivity contribution in [1.29, 1.82) is 0 Å². The molecule has 0 aliphatic carbocycles. The highest BCUT2D eigenvalue weighted by molar-refractivity contribution is 5.94. The molecule has 0 radical (unpaired) electrons. The molecule has 0 bridgehead atoms. The number of amides is 1. The second-order valence-electron chi connectivity index (χ2n) is 5.07. The second kappa shape index (κ2) is 6.02. The molecule has 19 heavy (non-hydrogen) atoms. The van der Waals surface area contributed by atoms with Gasteiger partial charge in [0.2, 0.25) is 5.91 Å². The van der Waals surface area contributed by atoms with Crippen molar-refractivity contribution in [2.24, 2.45) is 11.7 Å². The molecule has 4 N–H and O–H groups in total. The van der Waals surface area contributed by atoms with Crippen LogP contribution >= 0.6 is 0 Å². The van der Waals surface area contributed by atoms with Crippen molar-refractivity contribution in [1.82, 2.24) is 5.32 Å². The first-order valence-electron chi connectivity index (χ1n) is 6.62. The van der Waals surface area contributed by atoms with E-state index in [-0.39, 0.29) is 5.56 Å². The summed E-state index contributed by atoms with van der Waals surface area (Å²) in [5.74, 6) is -0.422. The molecule has 2 rings (SSSR count). The molecular formula is C14H20FN3O. The van der Waals surface area contributed by atoms with E-state index < -0.39 is 11.7 Å². The van der Waals surface area contributed by atoms with Crippen molar-refractivity contribution in [2.75, 3.05) is 25.0 Å². The Bertz CT molecular complexity index is 470. The molecule has 1 aliphatic heterocycles. The monoisotopic (exact) mass is 265 g/mol. The zero-order valence-corrected chi connectivity index (χ0v) is 11.1. The summed E-state index contributed by atoms with van der Waals surface area (Å²) in [6.07, 6.45) is 2.23. The van der Waals surface area contributed by atoms with Gasteiger partial charge in [-0.05, 0) is 50.9 Å². The van der Waals surface area contributed by atoms with Gasteiger partial charge >= 0.3 is 0 Å². The van der Waals surface area contributed by atoms with E-state index in [1.807, 2.05) is 0 Å². The summed E-state index contributed by atoms with van der Waals surface area (Å²) in [5.41, 5.74) is 6.59. The predicted molar refractivity (Wildman–Crippen MR) is 73.7 cm³/mol. The Labute approximate surface area is 112 Å². The molecule has 104 valence electrons. The number of hydrogen-bond acceptors (Lipinski definition) is 3. The van der Waals surface area contributed by atoms with Gasteiger partial charge in [-0.2, -0.15) is 0 Å². The van der Waals surface area contributed by atoms with E-state index in [1.54, 1.807) is 13.0 Å². The molecule has 0 saturated carbocycles. The summed E-state index contributed by atoms with van der Waals surface area (Å²) in [7, 11) is 0. The lowest BCUT2D eigenvalue weighted by atomic mass is 9.98. The highest BCUT2D eigenvalue weighted by Crippen LogP contribution is 2.22.